The van der Waals surface area contributed by atoms with Crippen molar-refractivity contribution in [1.82, 2.24) is 10.2 Å². The van der Waals surface area contributed by atoms with Crippen molar-refractivity contribution < 1.29 is 9.47 Å². The van der Waals surface area contributed by atoms with Crippen LogP contribution in [0.2, 0.25) is 0 Å². The highest BCUT2D eigenvalue weighted by molar-refractivity contribution is 4.66. The van der Waals surface area contributed by atoms with Crippen LogP contribution in [0.1, 0.15) is 19.3 Å². The molecule has 1 fully saturated rings. The van der Waals surface area contributed by atoms with E-state index in [1.54, 1.807) is 7.11 Å². The van der Waals surface area contributed by atoms with E-state index in [4.69, 9.17) is 9.47 Å². The lowest BCUT2D eigenvalue weighted by Crippen LogP contribution is -2.26. The highest BCUT2D eigenvalue weighted by Gasteiger charge is 2.09. The fraction of sp³-hybridized carbons (Fsp3) is 1.00. The summed E-state index contributed by atoms with van der Waals surface area (Å²) in [5.74, 6) is 0. The summed E-state index contributed by atoms with van der Waals surface area (Å²) in [5, 5.41) is 3.39. The van der Waals surface area contributed by atoms with Crippen LogP contribution >= 0.6 is 0 Å². The third kappa shape index (κ3) is 7.17. The Kier molecular flexibility index (Phi) is 8.71. The summed E-state index contributed by atoms with van der Waals surface area (Å²) < 4.78 is 10.2. The highest BCUT2D eigenvalue weighted by atomic mass is 16.5. The molecule has 1 heterocycles. The van der Waals surface area contributed by atoms with Crippen molar-refractivity contribution in [2.45, 2.75) is 19.3 Å². The molecule has 1 rings (SSSR count). The predicted octanol–water partition coefficient (Wildman–Crippen LogP) is 0.725. The lowest BCUT2D eigenvalue weighted by molar-refractivity contribution is 0.0720. The average Bonchev–Trinajstić information content (AvgIpc) is 2.80. The Hall–Kier alpha value is -0.160. The summed E-state index contributed by atoms with van der Waals surface area (Å²) in [5.41, 5.74) is 0. The van der Waals surface area contributed by atoms with Gasteiger partial charge in [0, 0.05) is 13.7 Å². The molecule has 0 aromatic carbocycles. The molecule has 1 aliphatic rings. The molecule has 0 aliphatic carbocycles. The molecule has 0 aromatic heterocycles. The molecule has 1 aliphatic heterocycles. The van der Waals surface area contributed by atoms with Gasteiger partial charge in [0.15, 0.2) is 0 Å². The molecule has 4 heteroatoms. The van der Waals surface area contributed by atoms with Gasteiger partial charge in [-0.05, 0) is 45.4 Å². The fourth-order valence-electron chi connectivity index (χ4n) is 1.95. The average molecular weight is 230 g/mol. The zero-order valence-electron chi connectivity index (χ0n) is 10.5. The Morgan fingerprint density at radius 3 is 2.62 bits per heavy atom. The quantitative estimate of drug-likeness (QED) is 0.561. The van der Waals surface area contributed by atoms with Crippen LogP contribution < -0.4 is 5.32 Å². The molecular formula is C12H26N2O2. The summed E-state index contributed by atoms with van der Waals surface area (Å²) in [6.07, 6.45) is 4.03. The molecule has 16 heavy (non-hydrogen) atoms. The number of nitrogens with zero attached hydrogens (tertiary/aromatic N) is 1. The Morgan fingerprint density at radius 2 is 1.88 bits per heavy atom. The second-order valence-corrected chi connectivity index (χ2v) is 4.26. The van der Waals surface area contributed by atoms with Gasteiger partial charge < -0.3 is 19.7 Å². The van der Waals surface area contributed by atoms with Crippen molar-refractivity contribution in [3.63, 3.8) is 0 Å². The number of rotatable bonds is 10. The molecule has 4 nitrogen and oxygen atoms in total. The van der Waals surface area contributed by atoms with Crippen molar-refractivity contribution in [2.24, 2.45) is 0 Å². The van der Waals surface area contributed by atoms with Crippen LogP contribution in [0.15, 0.2) is 0 Å². The van der Waals surface area contributed by atoms with Crippen molar-refractivity contribution in [2.75, 3.05) is 59.7 Å². The summed E-state index contributed by atoms with van der Waals surface area (Å²) in [6.45, 7) is 8.08. The minimum absolute atomic E-state index is 0.689. The molecule has 0 spiro atoms. The maximum atomic E-state index is 5.36. The molecule has 0 amide bonds. The van der Waals surface area contributed by atoms with Crippen molar-refractivity contribution in [1.29, 1.82) is 0 Å². The van der Waals surface area contributed by atoms with E-state index < -0.39 is 0 Å². The zero-order chi connectivity index (χ0) is 11.5. The molecule has 0 unspecified atom stereocenters. The predicted molar refractivity (Wildman–Crippen MR) is 65.9 cm³/mol. The SMILES string of the molecule is COCCOCCNCCCN1CCCC1. The van der Waals surface area contributed by atoms with Gasteiger partial charge in [-0.3, -0.25) is 0 Å². The molecule has 0 aromatic rings. The van der Waals surface area contributed by atoms with Crippen molar-refractivity contribution in [3.8, 4) is 0 Å². The number of methoxy groups -OCH3 is 1. The van der Waals surface area contributed by atoms with E-state index in [1.807, 2.05) is 0 Å². The van der Waals surface area contributed by atoms with Gasteiger partial charge in [-0.15, -0.1) is 0 Å². The molecule has 1 saturated heterocycles. The number of hydrogen-bond acceptors (Lipinski definition) is 4. The fourth-order valence-corrected chi connectivity index (χ4v) is 1.95. The second-order valence-electron chi connectivity index (χ2n) is 4.26. The van der Waals surface area contributed by atoms with Crippen LogP contribution in [-0.2, 0) is 9.47 Å². The monoisotopic (exact) mass is 230 g/mol. The number of likely N-dealkylation sites (tertiary alicyclic amines) is 1. The normalized spacial score (nSPS) is 17.1. The third-order valence-electron chi connectivity index (χ3n) is 2.88. The van der Waals surface area contributed by atoms with E-state index in [2.05, 4.69) is 10.2 Å². The molecule has 0 bridgehead atoms. The first-order chi connectivity index (χ1) is 7.93. The largest absolute Gasteiger partial charge is 0.382 e. The topological polar surface area (TPSA) is 33.7 Å². The minimum atomic E-state index is 0.689. The Labute approximate surface area is 99.3 Å². The first-order valence-electron chi connectivity index (χ1n) is 6.43. The van der Waals surface area contributed by atoms with Gasteiger partial charge in [0.05, 0.1) is 19.8 Å². The zero-order valence-corrected chi connectivity index (χ0v) is 10.5. The molecular weight excluding hydrogens is 204 g/mol. The van der Waals surface area contributed by atoms with Crippen LogP contribution in [0.25, 0.3) is 0 Å². The van der Waals surface area contributed by atoms with Crippen molar-refractivity contribution in [3.05, 3.63) is 0 Å². The van der Waals surface area contributed by atoms with Gasteiger partial charge in [0.1, 0.15) is 0 Å². The maximum absolute atomic E-state index is 5.36. The molecule has 0 saturated carbocycles. The van der Waals surface area contributed by atoms with Gasteiger partial charge in [-0.1, -0.05) is 0 Å². The standard InChI is InChI=1S/C12H26N2O2/c1-15-11-12-16-10-6-13-5-4-9-14-7-2-3-8-14/h13H,2-12H2,1H3. The van der Waals surface area contributed by atoms with Crippen molar-refractivity contribution >= 4 is 0 Å². The second kappa shape index (κ2) is 10.0. The smallest absolute Gasteiger partial charge is 0.0700 e. The van der Waals surface area contributed by atoms with Gasteiger partial charge >= 0.3 is 0 Å². The van der Waals surface area contributed by atoms with E-state index in [9.17, 15) is 0 Å². The Balaban J connectivity index is 1.71. The Bertz CT molecular complexity index is 150. The summed E-state index contributed by atoms with van der Waals surface area (Å²) in [6, 6.07) is 0. The van der Waals surface area contributed by atoms with E-state index in [1.165, 1.54) is 38.9 Å². The van der Waals surface area contributed by atoms with Crippen LogP contribution in [0.3, 0.4) is 0 Å². The van der Waals surface area contributed by atoms with Crippen LogP contribution in [-0.4, -0.2) is 64.6 Å². The van der Waals surface area contributed by atoms with Gasteiger partial charge in [-0.2, -0.15) is 0 Å². The summed E-state index contributed by atoms with van der Waals surface area (Å²) in [4.78, 5) is 2.55. The van der Waals surface area contributed by atoms with E-state index >= 15 is 0 Å². The third-order valence-corrected chi connectivity index (χ3v) is 2.88. The number of ether oxygens (including phenoxy) is 2. The van der Waals surface area contributed by atoms with E-state index in [0.29, 0.717) is 13.2 Å². The highest BCUT2D eigenvalue weighted by Crippen LogP contribution is 2.06. The lowest BCUT2D eigenvalue weighted by Gasteiger charge is -2.14. The van der Waals surface area contributed by atoms with Crippen LogP contribution in [0.5, 0.6) is 0 Å². The van der Waals surface area contributed by atoms with Gasteiger partial charge in [-0.25, -0.2) is 0 Å². The first-order valence-corrected chi connectivity index (χ1v) is 6.43. The Morgan fingerprint density at radius 1 is 1.06 bits per heavy atom. The summed E-state index contributed by atoms with van der Waals surface area (Å²) >= 11 is 0. The maximum Gasteiger partial charge on any atom is 0.0700 e. The number of nitrogens with one attached hydrogen (secondary N) is 1. The van der Waals surface area contributed by atoms with Gasteiger partial charge in [0.2, 0.25) is 0 Å². The first kappa shape index (κ1) is 13.9. The van der Waals surface area contributed by atoms with Gasteiger partial charge in [0.25, 0.3) is 0 Å². The molecule has 0 atom stereocenters. The van der Waals surface area contributed by atoms with E-state index in [-0.39, 0.29) is 0 Å². The van der Waals surface area contributed by atoms with Crippen LogP contribution in [0.4, 0.5) is 0 Å². The lowest BCUT2D eigenvalue weighted by atomic mass is 10.4. The van der Waals surface area contributed by atoms with Crippen LogP contribution in [0, 0.1) is 0 Å². The van der Waals surface area contributed by atoms with E-state index in [0.717, 1.165) is 19.7 Å². The molecule has 1 N–H and O–H groups in total. The summed E-state index contributed by atoms with van der Waals surface area (Å²) in [7, 11) is 1.69. The number of hydrogen-bond donors (Lipinski definition) is 1. The minimum Gasteiger partial charge on any atom is -0.382 e. The molecule has 96 valence electrons. The molecule has 0 radical (unpaired) electrons.